The summed E-state index contributed by atoms with van der Waals surface area (Å²) in [6.45, 7) is 0.533. The second kappa shape index (κ2) is 4.76. The molecule has 0 saturated carbocycles. The minimum atomic E-state index is -0.536. The predicted octanol–water partition coefficient (Wildman–Crippen LogP) is 0.715. The molecule has 3 rings (SSSR count). The zero-order valence-corrected chi connectivity index (χ0v) is 11.4. The van der Waals surface area contributed by atoms with Crippen LogP contribution in [-0.4, -0.2) is 25.8 Å². The molecule has 104 valence electrons. The van der Waals surface area contributed by atoms with Crippen LogP contribution in [0.4, 0.5) is 0 Å². The topological polar surface area (TPSA) is 77.0 Å². The van der Waals surface area contributed by atoms with Crippen molar-refractivity contribution in [2.24, 2.45) is 0 Å². The lowest BCUT2D eigenvalue weighted by molar-refractivity contribution is -0.124. The maximum absolute atomic E-state index is 12.1. The lowest BCUT2D eigenvalue weighted by Crippen LogP contribution is -2.41. The molecule has 1 heterocycles. The Labute approximate surface area is 118 Å². The van der Waals surface area contributed by atoms with E-state index < -0.39 is 5.54 Å². The van der Waals surface area contributed by atoms with Crippen LogP contribution in [-0.2, 0) is 16.8 Å². The molecule has 5 heteroatoms. The number of amides is 1. The van der Waals surface area contributed by atoms with Crippen molar-refractivity contribution in [1.82, 2.24) is 16.0 Å². The number of hydrogen-bond acceptors (Lipinski definition) is 4. The molecule has 1 atom stereocenters. The van der Waals surface area contributed by atoms with Crippen LogP contribution in [0, 0.1) is 5.41 Å². The van der Waals surface area contributed by atoms with Crippen LogP contribution >= 0.6 is 0 Å². The van der Waals surface area contributed by atoms with E-state index >= 15 is 0 Å². The molecular formula is C15H18N4O. The third-order valence-corrected chi connectivity index (χ3v) is 4.15. The molecule has 1 aromatic carbocycles. The summed E-state index contributed by atoms with van der Waals surface area (Å²) in [7, 11) is 1.82. The Morgan fingerprint density at radius 2 is 2.35 bits per heavy atom. The van der Waals surface area contributed by atoms with Gasteiger partial charge < -0.3 is 16.0 Å². The molecular weight excluding hydrogens is 252 g/mol. The fourth-order valence-corrected chi connectivity index (χ4v) is 3.14. The van der Waals surface area contributed by atoms with Gasteiger partial charge in [0.05, 0.1) is 6.67 Å². The van der Waals surface area contributed by atoms with Crippen molar-refractivity contribution in [2.75, 3.05) is 13.7 Å². The number of benzene rings is 1. The summed E-state index contributed by atoms with van der Waals surface area (Å²) in [6.07, 6.45) is 4.82. The number of nitrogens with one attached hydrogen (secondary N) is 4. The van der Waals surface area contributed by atoms with Crippen molar-refractivity contribution in [3.8, 4) is 0 Å². The van der Waals surface area contributed by atoms with E-state index in [4.69, 9.17) is 5.41 Å². The zero-order chi connectivity index (χ0) is 14.2. The molecule has 1 unspecified atom stereocenters. The highest BCUT2D eigenvalue weighted by Gasteiger charge is 2.47. The van der Waals surface area contributed by atoms with Crippen molar-refractivity contribution in [3.05, 3.63) is 41.1 Å². The summed E-state index contributed by atoms with van der Waals surface area (Å²) in [6, 6.07) is 6.08. The van der Waals surface area contributed by atoms with Crippen LogP contribution in [0.1, 0.15) is 23.1 Å². The molecule has 1 fully saturated rings. The predicted molar refractivity (Wildman–Crippen MR) is 78.4 cm³/mol. The molecule has 5 nitrogen and oxygen atoms in total. The van der Waals surface area contributed by atoms with E-state index in [0.29, 0.717) is 6.67 Å². The summed E-state index contributed by atoms with van der Waals surface area (Å²) < 4.78 is 0. The number of carbonyl (C=O) groups excluding carboxylic acids is 1. The van der Waals surface area contributed by atoms with Crippen molar-refractivity contribution in [2.45, 2.75) is 18.4 Å². The number of hydrogen-bond donors (Lipinski definition) is 4. The number of allylic oxidation sites excluding steroid dienone is 1. The van der Waals surface area contributed by atoms with Crippen LogP contribution in [0.15, 0.2) is 24.4 Å². The first-order valence-electron chi connectivity index (χ1n) is 6.76. The van der Waals surface area contributed by atoms with Crippen LogP contribution in [0.3, 0.4) is 0 Å². The lowest BCUT2D eigenvalue weighted by Gasteiger charge is -2.21. The van der Waals surface area contributed by atoms with E-state index in [1.54, 1.807) is 6.20 Å². The molecule has 1 aliphatic heterocycles. The standard InChI is InChI=1S/C15H18N4O/c1-17-8-12(7-16)10-2-3-13-11(6-10)4-5-15(13)14(20)18-9-19-15/h2-3,6-8,16-17,19H,4-5,9H2,1H3,(H,18,20)/b12-8+,16-7?. The van der Waals surface area contributed by atoms with Crippen molar-refractivity contribution in [1.29, 1.82) is 5.41 Å². The van der Waals surface area contributed by atoms with Crippen LogP contribution in [0.25, 0.3) is 5.57 Å². The average Bonchev–Trinajstić information content (AvgIpc) is 3.02. The lowest BCUT2D eigenvalue weighted by atomic mass is 9.91. The summed E-state index contributed by atoms with van der Waals surface area (Å²) in [5, 5.41) is 16.6. The average molecular weight is 270 g/mol. The van der Waals surface area contributed by atoms with Gasteiger partial charge >= 0.3 is 0 Å². The quantitative estimate of drug-likeness (QED) is 0.611. The van der Waals surface area contributed by atoms with Gasteiger partial charge in [0.2, 0.25) is 5.91 Å². The van der Waals surface area contributed by atoms with Crippen molar-refractivity contribution in [3.63, 3.8) is 0 Å². The van der Waals surface area contributed by atoms with E-state index in [9.17, 15) is 4.79 Å². The number of rotatable bonds is 3. The molecule has 0 aromatic heterocycles. The van der Waals surface area contributed by atoms with Crippen LogP contribution < -0.4 is 16.0 Å². The van der Waals surface area contributed by atoms with Crippen LogP contribution in [0.2, 0.25) is 0 Å². The third-order valence-electron chi connectivity index (χ3n) is 4.15. The van der Waals surface area contributed by atoms with Crippen LogP contribution in [0.5, 0.6) is 0 Å². The highest BCUT2D eigenvalue weighted by Crippen LogP contribution is 2.39. The van der Waals surface area contributed by atoms with E-state index in [1.165, 1.54) is 11.8 Å². The molecule has 1 aromatic rings. The molecule has 1 spiro atoms. The summed E-state index contributed by atoms with van der Waals surface area (Å²) in [4.78, 5) is 12.1. The Hall–Kier alpha value is -2.14. The summed E-state index contributed by atoms with van der Waals surface area (Å²) >= 11 is 0. The molecule has 1 aliphatic carbocycles. The first-order valence-corrected chi connectivity index (χ1v) is 6.76. The number of aryl methyl sites for hydroxylation is 1. The second-order valence-corrected chi connectivity index (χ2v) is 5.17. The molecule has 0 radical (unpaired) electrons. The van der Waals surface area contributed by atoms with Gasteiger partial charge in [0.25, 0.3) is 0 Å². The minimum Gasteiger partial charge on any atom is -0.393 e. The van der Waals surface area contributed by atoms with Crippen molar-refractivity contribution >= 4 is 17.7 Å². The molecule has 2 aliphatic rings. The van der Waals surface area contributed by atoms with E-state index in [1.807, 2.05) is 19.2 Å². The Bertz CT molecular complexity index is 608. The van der Waals surface area contributed by atoms with Gasteiger partial charge in [-0.1, -0.05) is 18.2 Å². The zero-order valence-electron chi connectivity index (χ0n) is 11.4. The van der Waals surface area contributed by atoms with Gasteiger partial charge in [-0.25, -0.2) is 0 Å². The monoisotopic (exact) mass is 270 g/mol. The first-order chi connectivity index (χ1) is 9.71. The van der Waals surface area contributed by atoms with Gasteiger partial charge in [-0.3, -0.25) is 10.1 Å². The highest BCUT2D eigenvalue weighted by molar-refractivity contribution is 6.08. The first kappa shape index (κ1) is 12.9. The van der Waals surface area contributed by atoms with Gasteiger partial charge in [0, 0.05) is 25.0 Å². The highest BCUT2D eigenvalue weighted by atomic mass is 16.2. The maximum Gasteiger partial charge on any atom is 0.245 e. The van der Waals surface area contributed by atoms with Gasteiger partial charge in [-0.2, -0.15) is 0 Å². The maximum atomic E-state index is 12.1. The fourth-order valence-electron chi connectivity index (χ4n) is 3.14. The summed E-state index contributed by atoms with van der Waals surface area (Å²) in [5.41, 5.74) is 3.57. The smallest absolute Gasteiger partial charge is 0.245 e. The molecule has 0 bridgehead atoms. The molecule has 1 saturated heterocycles. The molecule has 4 N–H and O–H groups in total. The van der Waals surface area contributed by atoms with E-state index in [0.717, 1.165) is 29.5 Å². The minimum absolute atomic E-state index is 0.0713. The van der Waals surface area contributed by atoms with E-state index in [-0.39, 0.29) is 5.91 Å². The molecule has 20 heavy (non-hydrogen) atoms. The van der Waals surface area contributed by atoms with Gasteiger partial charge in [-0.05, 0) is 29.5 Å². The Morgan fingerprint density at radius 3 is 3.00 bits per heavy atom. The number of carbonyl (C=O) groups is 1. The Kier molecular flexibility index (Phi) is 3.06. The van der Waals surface area contributed by atoms with Crippen molar-refractivity contribution < 1.29 is 4.79 Å². The normalized spacial score (nSPS) is 24.6. The Morgan fingerprint density at radius 1 is 1.50 bits per heavy atom. The molecule has 1 amide bonds. The third kappa shape index (κ3) is 1.74. The van der Waals surface area contributed by atoms with E-state index in [2.05, 4.69) is 22.0 Å². The summed E-state index contributed by atoms with van der Waals surface area (Å²) in [5.74, 6) is 0.0713. The van der Waals surface area contributed by atoms with Gasteiger partial charge in [0.1, 0.15) is 5.54 Å². The SMILES string of the molecule is CN/C=C(\C=N)c1ccc2c(c1)CCC21NCNC1=O. The van der Waals surface area contributed by atoms with Gasteiger partial charge in [0.15, 0.2) is 0 Å². The Balaban J connectivity index is 2.02. The number of fused-ring (bicyclic) bond motifs is 2. The largest absolute Gasteiger partial charge is 0.393 e. The fraction of sp³-hybridized carbons (Fsp3) is 0.333. The second-order valence-electron chi connectivity index (χ2n) is 5.17. The van der Waals surface area contributed by atoms with Gasteiger partial charge in [-0.15, -0.1) is 0 Å².